The first-order valence-corrected chi connectivity index (χ1v) is 8.13. The summed E-state index contributed by atoms with van der Waals surface area (Å²) in [5.74, 6) is -3.23. The molecule has 0 radical (unpaired) electrons. The number of aliphatic carboxylic acids is 1. The number of hydrogen-bond donors (Lipinski definition) is 3. The van der Waals surface area contributed by atoms with E-state index in [0.717, 1.165) is 25.2 Å². The van der Waals surface area contributed by atoms with Gasteiger partial charge in [-0.2, -0.15) is 13.2 Å². The van der Waals surface area contributed by atoms with Gasteiger partial charge in [0.25, 0.3) is 0 Å². The van der Waals surface area contributed by atoms with Gasteiger partial charge in [-0.3, -0.25) is 4.79 Å². The van der Waals surface area contributed by atoms with Crippen molar-refractivity contribution in [2.45, 2.75) is 19.5 Å². The summed E-state index contributed by atoms with van der Waals surface area (Å²) in [5.41, 5.74) is 0.748. The number of hydrogen-bond acceptors (Lipinski definition) is 4. The van der Waals surface area contributed by atoms with Crippen molar-refractivity contribution >= 4 is 23.5 Å². The Labute approximate surface area is 152 Å². The van der Waals surface area contributed by atoms with Crippen LogP contribution < -0.4 is 10.2 Å². The molecule has 2 aliphatic rings. The second-order valence-corrected chi connectivity index (χ2v) is 6.64. The number of rotatable bonds is 2. The number of fused-ring (bicyclic) bond motifs is 1. The van der Waals surface area contributed by atoms with Crippen LogP contribution in [0.4, 0.5) is 18.9 Å². The fourth-order valence-corrected chi connectivity index (χ4v) is 3.22. The Kier molecular flexibility index (Phi) is 5.79. The van der Waals surface area contributed by atoms with Gasteiger partial charge in [0.2, 0.25) is 5.91 Å². The third-order valence-electron chi connectivity index (χ3n) is 4.92. The van der Waals surface area contributed by atoms with Gasteiger partial charge in [-0.05, 0) is 37.2 Å². The molecule has 10 heteroatoms. The summed E-state index contributed by atoms with van der Waals surface area (Å²) < 4.78 is 31.7. The number of halogens is 3. The van der Waals surface area contributed by atoms with Gasteiger partial charge in [-0.1, -0.05) is 6.92 Å². The summed E-state index contributed by atoms with van der Waals surface area (Å²) in [6.45, 7) is 4.50. The van der Waals surface area contributed by atoms with Crippen LogP contribution in [0.25, 0.3) is 0 Å². The first-order valence-electron chi connectivity index (χ1n) is 8.13. The van der Waals surface area contributed by atoms with Crippen LogP contribution in [0.1, 0.15) is 23.7 Å². The van der Waals surface area contributed by atoms with Crippen LogP contribution in [0.3, 0.4) is 0 Å². The number of anilines is 1. The second-order valence-electron chi connectivity index (χ2n) is 6.64. The van der Waals surface area contributed by atoms with E-state index in [0.29, 0.717) is 12.5 Å². The van der Waals surface area contributed by atoms with E-state index in [1.807, 2.05) is 6.92 Å². The van der Waals surface area contributed by atoms with Crippen molar-refractivity contribution in [1.29, 1.82) is 0 Å². The number of carbonyl (C=O) groups is 3. The zero-order valence-electron chi connectivity index (χ0n) is 14.4. The molecule has 2 fully saturated rings. The highest BCUT2D eigenvalue weighted by Gasteiger charge is 2.51. The second kappa shape index (κ2) is 7.55. The molecule has 0 bridgehead atoms. The molecule has 3 N–H and O–H groups in total. The third kappa shape index (κ3) is 4.38. The maximum absolute atomic E-state index is 12.7. The van der Waals surface area contributed by atoms with Crippen molar-refractivity contribution in [2.75, 3.05) is 24.5 Å². The Morgan fingerprint density at radius 1 is 1.22 bits per heavy atom. The molecule has 148 valence electrons. The normalized spacial score (nSPS) is 24.7. The number of amides is 1. The Morgan fingerprint density at radius 2 is 1.78 bits per heavy atom. The predicted molar refractivity (Wildman–Crippen MR) is 88.5 cm³/mol. The summed E-state index contributed by atoms with van der Waals surface area (Å²) in [7, 11) is 0. The van der Waals surface area contributed by atoms with Gasteiger partial charge in [0.15, 0.2) is 0 Å². The van der Waals surface area contributed by atoms with E-state index in [-0.39, 0.29) is 16.9 Å². The fourth-order valence-electron chi connectivity index (χ4n) is 3.22. The van der Waals surface area contributed by atoms with Crippen LogP contribution in [0.15, 0.2) is 24.3 Å². The Hall–Kier alpha value is -2.62. The van der Waals surface area contributed by atoms with Gasteiger partial charge in [0.05, 0.1) is 11.0 Å². The third-order valence-corrected chi connectivity index (χ3v) is 4.92. The zero-order valence-corrected chi connectivity index (χ0v) is 14.4. The van der Waals surface area contributed by atoms with Crippen LogP contribution in [0.5, 0.6) is 0 Å². The van der Waals surface area contributed by atoms with Gasteiger partial charge >= 0.3 is 18.1 Å². The minimum absolute atomic E-state index is 0.159. The van der Waals surface area contributed by atoms with Crippen LogP contribution >= 0.6 is 0 Å². The molecule has 7 nitrogen and oxygen atoms in total. The molecular formula is C17H19F3N2O5. The fraction of sp³-hybridized carbons (Fsp3) is 0.471. The summed E-state index contributed by atoms with van der Waals surface area (Å²) in [6.07, 6.45) is -4.22. The van der Waals surface area contributed by atoms with Crippen molar-refractivity contribution in [2.24, 2.45) is 11.3 Å². The number of benzene rings is 1. The molecule has 0 aromatic heterocycles. The number of alkyl halides is 3. The van der Waals surface area contributed by atoms with Gasteiger partial charge in [0.1, 0.15) is 0 Å². The number of aromatic carboxylic acids is 1. The smallest absolute Gasteiger partial charge is 0.478 e. The molecule has 0 aliphatic carbocycles. The predicted octanol–water partition coefficient (Wildman–Crippen LogP) is 1.98. The van der Waals surface area contributed by atoms with Crippen LogP contribution in [0, 0.1) is 11.3 Å². The lowest BCUT2D eigenvalue weighted by molar-refractivity contribution is -0.192. The number of nitrogens with zero attached hydrogens (tertiary/aromatic N) is 1. The SMILES string of the molecule is C[C@@]12CCNC[C@@H]1CN(c1ccc(C(=O)O)cc1)C2=O.O=C(O)C(F)(F)F. The Morgan fingerprint density at radius 3 is 2.22 bits per heavy atom. The van der Waals surface area contributed by atoms with E-state index in [4.69, 9.17) is 15.0 Å². The number of piperidine rings is 1. The first-order chi connectivity index (χ1) is 12.5. The number of carboxylic acids is 2. The molecule has 2 atom stereocenters. The number of carbonyl (C=O) groups excluding carboxylic acids is 1. The lowest BCUT2D eigenvalue weighted by Crippen LogP contribution is -2.44. The molecular weight excluding hydrogens is 369 g/mol. The number of nitrogens with one attached hydrogen (secondary N) is 1. The monoisotopic (exact) mass is 388 g/mol. The van der Waals surface area contributed by atoms with Gasteiger partial charge in [-0.25, -0.2) is 9.59 Å². The molecule has 3 rings (SSSR count). The molecule has 1 aromatic carbocycles. The van der Waals surface area contributed by atoms with Crippen LogP contribution in [-0.4, -0.2) is 53.9 Å². The van der Waals surface area contributed by atoms with Crippen molar-refractivity contribution in [3.63, 3.8) is 0 Å². The number of carboxylic acid groups (broad SMARTS) is 2. The topological polar surface area (TPSA) is 107 Å². The molecule has 27 heavy (non-hydrogen) atoms. The van der Waals surface area contributed by atoms with E-state index >= 15 is 0 Å². The van der Waals surface area contributed by atoms with E-state index in [2.05, 4.69) is 5.32 Å². The summed E-state index contributed by atoms with van der Waals surface area (Å²) in [5, 5.41) is 19.4. The summed E-state index contributed by atoms with van der Waals surface area (Å²) >= 11 is 0. The molecule has 0 spiro atoms. The molecule has 2 aliphatic heterocycles. The maximum Gasteiger partial charge on any atom is 0.490 e. The largest absolute Gasteiger partial charge is 0.490 e. The Bertz CT molecular complexity index is 735. The highest BCUT2D eigenvalue weighted by Crippen LogP contribution is 2.43. The van der Waals surface area contributed by atoms with E-state index in [1.165, 1.54) is 0 Å². The van der Waals surface area contributed by atoms with E-state index in [1.54, 1.807) is 29.2 Å². The standard InChI is InChI=1S/C15H18N2O3.C2HF3O2/c1-15-6-7-16-8-11(15)9-17(14(15)20)12-4-2-10(3-5-12)13(18)19;3-2(4,5)1(6)7/h2-5,11,16H,6-9H2,1H3,(H,18,19);(H,6,7)/t11-,15-;/m1./s1. The molecule has 0 unspecified atom stereocenters. The van der Waals surface area contributed by atoms with Crippen molar-refractivity contribution in [3.8, 4) is 0 Å². The molecule has 0 saturated carbocycles. The lowest BCUT2D eigenvalue weighted by atomic mass is 9.74. The van der Waals surface area contributed by atoms with Gasteiger partial charge < -0.3 is 20.4 Å². The maximum atomic E-state index is 12.7. The Balaban J connectivity index is 0.000000321. The average Bonchev–Trinajstić information content (AvgIpc) is 2.86. The summed E-state index contributed by atoms with van der Waals surface area (Å²) in [6, 6.07) is 6.53. The van der Waals surface area contributed by atoms with Crippen LogP contribution in [-0.2, 0) is 9.59 Å². The van der Waals surface area contributed by atoms with Gasteiger partial charge in [-0.15, -0.1) is 0 Å². The quantitative estimate of drug-likeness (QED) is 0.715. The minimum Gasteiger partial charge on any atom is -0.478 e. The van der Waals surface area contributed by atoms with Crippen LogP contribution in [0.2, 0.25) is 0 Å². The van der Waals surface area contributed by atoms with Crippen molar-refractivity contribution in [1.82, 2.24) is 5.32 Å². The molecule has 2 saturated heterocycles. The van der Waals surface area contributed by atoms with Gasteiger partial charge in [0, 0.05) is 24.7 Å². The molecule has 1 aromatic rings. The average molecular weight is 388 g/mol. The highest BCUT2D eigenvalue weighted by molar-refractivity contribution is 6.00. The lowest BCUT2D eigenvalue weighted by Gasteiger charge is -2.33. The van der Waals surface area contributed by atoms with Crippen molar-refractivity contribution in [3.05, 3.63) is 29.8 Å². The summed E-state index contributed by atoms with van der Waals surface area (Å²) in [4.78, 5) is 34.2. The van der Waals surface area contributed by atoms with E-state index < -0.39 is 18.1 Å². The minimum atomic E-state index is -5.08. The molecule has 2 heterocycles. The first kappa shape index (κ1) is 20.7. The highest BCUT2D eigenvalue weighted by atomic mass is 19.4. The van der Waals surface area contributed by atoms with E-state index in [9.17, 15) is 22.8 Å². The zero-order chi connectivity index (χ0) is 20.4. The molecule has 1 amide bonds. The van der Waals surface area contributed by atoms with Crippen molar-refractivity contribution < 1.29 is 37.8 Å².